The van der Waals surface area contributed by atoms with Gasteiger partial charge < -0.3 is 4.74 Å². The molecule has 0 bridgehead atoms. The third-order valence-corrected chi connectivity index (χ3v) is 3.64. The van der Waals surface area contributed by atoms with E-state index in [1.807, 2.05) is 6.92 Å². The van der Waals surface area contributed by atoms with Gasteiger partial charge in [0, 0.05) is 6.42 Å². The molecule has 0 aromatic carbocycles. The molecule has 22 heavy (non-hydrogen) atoms. The first-order valence-electron chi connectivity index (χ1n) is 9.26. The fourth-order valence-electron chi connectivity index (χ4n) is 2.31. The highest BCUT2D eigenvalue weighted by atomic mass is 16.5. The quantitative estimate of drug-likeness (QED) is 0.200. The van der Waals surface area contributed by atoms with Crippen molar-refractivity contribution < 1.29 is 9.53 Å². The zero-order chi connectivity index (χ0) is 16.3. The smallest absolute Gasteiger partial charge is 0.305 e. The zero-order valence-corrected chi connectivity index (χ0v) is 14.8. The lowest BCUT2D eigenvalue weighted by Crippen LogP contribution is -2.03. The molecule has 0 aromatic rings. The van der Waals surface area contributed by atoms with Crippen LogP contribution in [0.2, 0.25) is 0 Å². The average molecular weight is 309 g/mol. The Kier molecular flexibility index (Phi) is 17.1. The van der Waals surface area contributed by atoms with Gasteiger partial charge in [0.1, 0.15) is 0 Å². The van der Waals surface area contributed by atoms with Gasteiger partial charge in [0.15, 0.2) is 0 Å². The van der Waals surface area contributed by atoms with E-state index >= 15 is 0 Å². The number of allylic oxidation sites excluding steroid dienone is 4. The van der Waals surface area contributed by atoms with Gasteiger partial charge in [-0.1, -0.05) is 63.3 Å². The summed E-state index contributed by atoms with van der Waals surface area (Å²) < 4.78 is 4.91. The standard InChI is InChI=1S/C20H36O2/c1-3-5-6-7-8-9-10-11-12-13-14-15-16-17-18-19-20(21)22-4-2/h8-9,11-12H,3-7,10,13-19H2,1-2H3/b9-8?,12-11-. The Balaban J connectivity index is 3.22. The Labute approximate surface area is 138 Å². The molecule has 0 fully saturated rings. The summed E-state index contributed by atoms with van der Waals surface area (Å²) >= 11 is 0. The molecule has 0 aliphatic carbocycles. The van der Waals surface area contributed by atoms with E-state index in [-0.39, 0.29) is 5.97 Å². The number of hydrogen-bond acceptors (Lipinski definition) is 2. The number of unbranched alkanes of at least 4 members (excludes halogenated alkanes) is 8. The second-order valence-electron chi connectivity index (χ2n) is 5.79. The molecule has 0 aromatic heterocycles. The van der Waals surface area contributed by atoms with Crippen LogP contribution in [-0.4, -0.2) is 12.6 Å². The van der Waals surface area contributed by atoms with Gasteiger partial charge in [-0.3, -0.25) is 4.79 Å². The molecule has 0 aliphatic heterocycles. The number of carbonyl (C=O) groups excluding carboxylic acids is 1. The van der Waals surface area contributed by atoms with Gasteiger partial charge in [-0.15, -0.1) is 0 Å². The van der Waals surface area contributed by atoms with E-state index < -0.39 is 0 Å². The summed E-state index contributed by atoms with van der Waals surface area (Å²) in [7, 11) is 0. The molecule has 0 spiro atoms. The van der Waals surface area contributed by atoms with Crippen LogP contribution in [0, 0.1) is 0 Å². The molecular formula is C20H36O2. The van der Waals surface area contributed by atoms with Crippen LogP contribution >= 0.6 is 0 Å². The largest absolute Gasteiger partial charge is 0.466 e. The molecule has 0 saturated heterocycles. The van der Waals surface area contributed by atoms with E-state index in [0.29, 0.717) is 13.0 Å². The van der Waals surface area contributed by atoms with Crippen LogP contribution in [0.4, 0.5) is 0 Å². The first kappa shape index (κ1) is 20.9. The van der Waals surface area contributed by atoms with Crippen LogP contribution in [0.1, 0.15) is 90.9 Å². The summed E-state index contributed by atoms with van der Waals surface area (Å²) in [6, 6.07) is 0. The van der Waals surface area contributed by atoms with Crippen molar-refractivity contribution in [2.45, 2.75) is 90.9 Å². The number of ether oxygens (including phenoxy) is 1. The molecule has 0 radical (unpaired) electrons. The molecule has 0 unspecified atom stereocenters. The first-order valence-corrected chi connectivity index (χ1v) is 9.26. The molecular weight excluding hydrogens is 272 g/mol. The van der Waals surface area contributed by atoms with Gasteiger partial charge in [0.05, 0.1) is 6.61 Å². The molecule has 0 saturated carbocycles. The van der Waals surface area contributed by atoms with E-state index in [1.54, 1.807) is 0 Å². The molecule has 0 rings (SSSR count). The monoisotopic (exact) mass is 308 g/mol. The fourth-order valence-corrected chi connectivity index (χ4v) is 2.31. The number of esters is 1. The Morgan fingerprint density at radius 1 is 0.773 bits per heavy atom. The third-order valence-electron chi connectivity index (χ3n) is 3.64. The van der Waals surface area contributed by atoms with Crippen LogP contribution in [0.25, 0.3) is 0 Å². The summed E-state index contributed by atoms with van der Waals surface area (Å²) in [5.74, 6) is -0.0480. The Hall–Kier alpha value is -1.05. The topological polar surface area (TPSA) is 26.3 Å². The molecule has 0 aliphatic rings. The number of carbonyl (C=O) groups is 1. The summed E-state index contributed by atoms with van der Waals surface area (Å²) in [5.41, 5.74) is 0. The summed E-state index contributed by atoms with van der Waals surface area (Å²) in [5, 5.41) is 0. The van der Waals surface area contributed by atoms with Crippen molar-refractivity contribution in [3.8, 4) is 0 Å². The van der Waals surface area contributed by atoms with Crippen molar-refractivity contribution >= 4 is 5.97 Å². The van der Waals surface area contributed by atoms with Crippen molar-refractivity contribution in [2.24, 2.45) is 0 Å². The van der Waals surface area contributed by atoms with Crippen LogP contribution in [-0.2, 0) is 9.53 Å². The van der Waals surface area contributed by atoms with Gasteiger partial charge >= 0.3 is 5.97 Å². The number of rotatable bonds is 15. The second kappa shape index (κ2) is 18.0. The van der Waals surface area contributed by atoms with Crippen LogP contribution < -0.4 is 0 Å². The average Bonchev–Trinajstić information content (AvgIpc) is 2.51. The first-order chi connectivity index (χ1) is 10.8. The maximum atomic E-state index is 11.1. The highest BCUT2D eigenvalue weighted by Gasteiger charge is 2.00. The van der Waals surface area contributed by atoms with Crippen molar-refractivity contribution in [3.63, 3.8) is 0 Å². The van der Waals surface area contributed by atoms with E-state index in [0.717, 1.165) is 19.3 Å². The highest BCUT2D eigenvalue weighted by Crippen LogP contribution is 2.08. The van der Waals surface area contributed by atoms with Crippen LogP contribution in [0.5, 0.6) is 0 Å². The lowest BCUT2D eigenvalue weighted by molar-refractivity contribution is -0.143. The Bertz CT molecular complexity index is 292. The second-order valence-corrected chi connectivity index (χ2v) is 5.79. The maximum absolute atomic E-state index is 11.1. The minimum Gasteiger partial charge on any atom is -0.466 e. The zero-order valence-electron chi connectivity index (χ0n) is 14.8. The normalized spacial score (nSPS) is 11.5. The van der Waals surface area contributed by atoms with Crippen molar-refractivity contribution in [1.29, 1.82) is 0 Å². The van der Waals surface area contributed by atoms with Gasteiger partial charge in [0.25, 0.3) is 0 Å². The predicted molar refractivity (Wildman–Crippen MR) is 96.0 cm³/mol. The summed E-state index contributed by atoms with van der Waals surface area (Å²) in [6.45, 7) is 4.60. The maximum Gasteiger partial charge on any atom is 0.305 e. The van der Waals surface area contributed by atoms with Gasteiger partial charge in [-0.2, -0.15) is 0 Å². The van der Waals surface area contributed by atoms with E-state index in [1.165, 1.54) is 51.4 Å². The predicted octanol–water partition coefficient (Wildman–Crippen LogP) is 6.36. The van der Waals surface area contributed by atoms with Gasteiger partial charge in [0.2, 0.25) is 0 Å². The van der Waals surface area contributed by atoms with Crippen molar-refractivity contribution in [2.75, 3.05) is 6.61 Å². The fraction of sp³-hybridized carbons (Fsp3) is 0.750. The lowest BCUT2D eigenvalue weighted by atomic mass is 10.1. The Morgan fingerprint density at radius 3 is 2.00 bits per heavy atom. The molecule has 2 nitrogen and oxygen atoms in total. The molecule has 0 heterocycles. The van der Waals surface area contributed by atoms with E-state index in [2.05, 4.69) is 31.2 Å². The lowest BCUT2D eigenvalue weighted by Gasteiger charge is -2.01. The van der Waals surface area contributed by atoms with Crippen molar-refractivity contribution in [3.05, 3.63) is 24.3 Å². The minimum absolute atomic E-state index is 0.0480. The van der Waals surface area contributed by atoms with Gasteiger partial charge in [-0.05, 0) is 45.4 Å². The van der Waals surface area contributed by atoms with E-state index in [4.69, 9.17) is 4.74 Å². The molecule has 2 heteroatoms. The molecule has 0 amide bonds. The van der Waals surface area contributed by atoms with Crippen molar-refractivity contribution in [1.82, 2.24) is 0 Å². The number of hydrogen-bond donors (Lipinski definition) is 0. The van der Waals surface area contributed by atoms with Crippen LogP contribution in [0.3, 0.4) is 0 Å². The molecule has 0 atom stereocenters. The SMILES string of the molecule is CCCCCC=CC/C=C\CCCCCCCC(=O)OCC. The summed E-state index contributed by atoms with van der Waals surface area (Å²) in [6.07, 6.45) is 23.1. The highest BCUT2D eigenvalue weighted by molar-refractivity contribution is 5.69. The van der Waals surface area contributed by atoms with E-state index in [9.17, 15) is 4.79 Å². The van der Waals surface area contributed by atoms with Crippen LogP contribution in [0.15, 0.2) is 24.3 Å². The minimum atomic E-state index is -0.0480. The third kappa shape index (κ3) is 17.0. The Morgan fingerprint density at radius 2 is 1.36 bits per heavy atom. The van der Waals surface area contributed by atoms with Gasteiger partial charge in [-0.25, -0.2) is 0 Å². The molecule has 128 valence electrons. The summed E-state index contributed by atoms with van der Waals surface area (Å²) in [4.78, 5) is 11.1. The molecule has 0 N–H and O–H groups in total.